The molecule has 0 radical (unpaired) electrons. The van der Waals surface area contributed by atoms with Crippen molar-refractivity contribution in [1.29, 1.82) is 0 Å². The van der Waals surface area contributed by atoms with Crippen LogP contribution in [0.5, 0.6) is 5.75 Å². The predicted octanol–water partition coefficient (Wildman–Crippen LogP) is 3.83. The standard InChI is InChI=1S/C18H24N4O4/c1-6-15(21-12(5)8-17(20-21)22(25)26)18(24)19-14-9-13(10(2)3)16(23)7-11(14)4/h7-10,15,23H,6H2,1-5H3,(H,19,24). The van der Waals surface area contributed by atoms with E-state index in [0.29, 0.717) is 17.8 Å². The average Bonchev–Trinajstić information content (AvgIpc) is 2.92. The van der Waals surface area contributed by atoms with Crippen LogP contribution < -0.4 is 5.32 Å². The second kappa shape index (κ2) is 7.55. The fourth-order valence-corrected chi connectivity index (χ4v) is 2.87. The van der Waals surface area contributed by atoms with Gasteiger partial charge in [0.1, 0.15) is 5.75 Å². The van der Waals surface area contributed by atoms with Crippen LogP contribution in [-0.2, 0) is 4.79 Å². The minimum atomic E-state index is -0.667. The number of carbonyl (C=O) groups excluding carboxylic acids is 1. The molecular weight excluding hydrogens is 336 g/mol. The number of rotatable bonds is 6. The Hall–Kier alpha value is -2.90. The highest BCUT2D eigenvalue weighted by Gasteiger charge is 2.27. The first-order valence-electron chi connectivity index (χ1n) is 8.50. The van der Waals surface area contributed by atoms with E-state index >= 15 is 0 Å². The third kappa shape index (κ3) is 3.84. The van der Waals surface area contributed by atoms with E-state index in [9.17, 15) is 20.0 Å². The SMILES string of the molecule is CCC(C(=O)Nc1cc(C(C)C)c(O)cc1C)n1nc([N+](=O)[O-])cc1C. The number of nitrogens with one attached hydrogen (secondary N) is 1. The van der Waals surface area contributed by atoms with Gasteiger partial charge in [0.25, 0.3) is 5.91 Å². The van der Waals surface area contributed by atoms with Gasteiger partial charge >= 0.3 is 5.82 Å². The van der Waals surface area contributed by atoms with Crippen LogP contribution in [0.2, 0.25) is 0 Å². The predicted molar refractivity (Wildman–Crippen MR) is 98.5 cm³/mol. The molecule has 8 nitrogen and oxygen atoms in total. The van der Waals surface area contributed by atoms with Crippen molar-refractivity contribution in [3.63, 3.8) is 0 Å². The minimum absolute atomic E-state index is 0.101. The lowest BCUT2D eigenvalue weighted by atomic mass is 9.99. The van der Waals surface area contributed by atoms with Gasteiger partial charge in [-0.1, -0.05) is 20.8 Å². The summed E-state index contributed by atoms with van der Waals surface area (Å²) in [6.07, 6.45) is 0.430. The number of hydrogen-bond donors (Lipinski definition) is 2. The summed E-state index contributed by atoms with van der Waals surface area (Å²) < 4.78 is 1.38. The molecule has 2 N–H and O–H groups in total. The Morgan fingerprint density at radius 2 is 2.00 bits per heavy atom. The van der Waals surface area contributed by atoms with Crippen molar-refractivity contribution in [1.82, 2.24) is 9.78 Å². The first-order chi connectivity index (χ1) is 12.1. The van der Waals surface area contributed by atoms with Gasteiger partial charge < -0.3 is 20.5 Å². The zero-order chi connectivity index (χ0) is 19.6. The summed E-state index contributed by atoms with van der Waals surface area (Å²) in [6.45, 7) is 9.21. The van der Waals surface area contributed by atoms with E-state index in [2.05, 4.69) is 10.4 Å². The molecule has 0 spiro atoms. The van der Waals surface area contributed by atoms with E-state index in [-0.39, 0.29) is 23.4 Å². The van der Waals surface area contributed by atoms with Gasteiger partial charge in [0.2, 0.25) is 0 Å². The number of amides is 1. The molecule has 0 aliphatic carbocycles. The molecular formula is C18H24N4O4. The molecule has 1 amide bonds. The van der Waals surface area contributed by atoms with E-state index in [0.717, 1.165) is 11.1 Å². The van der Waals surface area contributed by atoms with Gasteiger partial charge in [-0.2, -0.15) is 4.68 Å². The number of benzene rings is 1. The van der Waals surface area contributed by atoms with E-state index in [1.165, 1.54) is 10.7 Å². The van der Waals surface area contributed by atoms with E-state index in [1.807, 2.05) is 20.8 Å². The number of nitro groups is 1. The third-order valence-electron chi connectivity index (χ3n) is 4.33. The highest BCUT2D eigenvalue weighted by Crippen LogP contribution is 2.31. The van der Waals surface area contributed by atoms with Crippen molar-refractivity contribution >= 4 is 17.4 Å². The summed E-state index contributed by atoms with van der Waals surface area (Å²) in [5.74, 6) is -0.293. The number of anilines is 1. The summed E-state index contributed by atoms with van der Waals surface area (Å²) in [4.78, 5) is 23.1. The molecule has 0 aliphatic heterocycles. The van der Waals surface area contributed by atoms with Crippen LogP contribution in [0.1, 0.15) is 56.0 Å². The van der Waals surface area contributed by atoms with Gasteiger partial charge in [-0.3, -0.25) is 4.79 Å². The molecule has 1 heterocycles. The molecule has 0 fully saturated rings. The topological polar surface area (TPSA) is 110 Å². The first kappa shape index (κ1) is 19.4. The third-order valence-corrected chi connectivity index (χ3v) is 4.33. The van der Waals surface area contributed by atoms with Crippen molar-refractivity contribution < 1.29 is 14.8 Å². The molecule has 1 atom stereocenters. The Kier molecular flexibility index (Phi) is 5.64. The van der Waals surface area contributed by atoms with Crippen molar-refractivity contribution in [3.8, 4) is 5.75 Å². The number of carbonyl (C=O) groups is 1. The average molecular weight is 360 g/mol. The lowest BCUT2D eigenvalue weighted by molar-refractivity contribution is -0.389. The molecule has 0 saturated carbocycles. The minimum Gasteiger partial charge on any atom is -0.508 e. The molecule has 1 aromatic carbocycles. The number of nitrogens with zero attached hydrogens (tertiary/aromatic N) is 3. The maximum absolute atomic E-state index is 12.8. The van der Waals surface area contributed by atoms with Crippen LogP contribution in [0.4, 0.5) is 11.5 Å². The second-order valence-corrected chi connectivity index (χ2v) is 6.64. The Morgan fingerprint density at radius 3 is 2.50 bits per heavy atom. The van der Waals surface area contributed by atoms with Crippen molar-refractivity contribution in [2.24, 2.45) is 0 Å². The smallest absolute Gasteiger partial charge is 0.390 e. The number of phenolic OH excluding ortho intramolecular Hbond substituents is 1. The number of aromatic hydroxyl groups is 1. The molecule has 1 unspecified atom stereocenters. The molecule has 140 valence electrons. The highest BCUT2D eigenvalue weighted by atomic mass is 16.6. The van der Waals surface area contributed by atoms with Crippen LogP contribution in [0, 0.1) is 24.0 Å². The molecule has 0 aliphatic rings. The molecule has 2 aromatic rings. The molecule has 8 heteroatoms. The van der Waals surface area contributed by atoms with E-state index in [4.69, 9.17) is 0 Å². The number of phenols is 1. The summed E-state index contributed by atoms with van der Waals surface area (Å²) in [5, 5.41) is 27.8. The lowest BCUT2D eigenvalue weighted by Crippen LogP contribution is -2.27. The fourth-order valence-electron chi connectivity index (χ4n) is 2.87. The number of hydrogen-bond acceptors (Lipinski definition) is 5. The summed E-state index contributed by atoms with van der Waals surface area (Å²) >= 11 is 0. The van der Waals surface area contributed by atoms with Crippen LogP contribution >= 0.6 is 0 Å². The molecule has 1 aromatic heterocycles. The van der Waals surface area contributed by atoms with Gasteiger partial charge in [-0.25, -0.2) is 0 Å². The summed E-state index contributed by atoms with van der Waals surface area (Å²) in [7, 11) is 0. The summed E-state index contributed by atoms with van der Waals surface area (Å²) in [6, 6.07) is 4.06. The zero-order valence-electron chi connectivity index (χ0n) is 15.6. The lowest BCUT2D eigenvalue weighted by Gasteiger charge is -2.18. The highest BCUT2D eigenvalue weighted by molar-refractivity contribution is 5.94. The maximum Gasteiger partial charge on any atom is 0.390 e. The second-order valence-electron chi connectivity index (χ2n) is 6.64. The van der Waals surface area contributed by atoms with Crippen molar-refractivity contribution in [2.45, 2.75) is 53.0 Å². The van der Waals surface area contributed by atoms with E-state index in [1.54, 1.807) is 26.0 Å². The molecule has 26 heavy (non-hydrogen) atoms. The van der Waals surface area contributed by atoms with E-state index < -0.39 is 11.0 Å². The van der Waals surface area contributed by atoms with Gasteiger partial charge in [-0.15, -0.1) is 0 Å². The Labute approximate surface area is 152 Å². The number of aromatic nitrogens is 2. The van der Waals surface area contributed by atoms with Crippen molar-refractivity contribution in [3.05, 3.63) is 45.1 Å². The normalized spacial score (nSPS) is 12.2. The fraction of sp³-hybridized carbons (Fsp3) is 0.444. The number of aryl methyl sites for hydroxylation is 2. The van der Waals surface area contributed by atoms with Gasteiger partial charge in [0.15, 0.2) is 6.04 Å². The van der Waals surface area contributed by atoms with Crippen LogP contribution in [0.15, 0.2) is 18.2 Å². The van der Waals surface area contributed by atoms with Gasteiger partial charge in [0.05, 0.1) is 16.9 Å². The summed E-state index contributed by atoms with van der Waals surface area (Å²) in [5.41, 5.74) is 2.63. The zero-order valence-corrected chi connectivity index (χ0v) is 15.6. The Balaban J connectivity index is 2.33. The monoisotopic (exact) mass is 360 g/mol. The largest absolute Gasteiger partial charge is 0.508 e. The quantitative estimate of drug-likeness (QED) is 0.462. The molecule has 0 bridgehead atoms. The van der Waals surface area contributed by atoms with Crippen molar-refractivity contribution in [2.75, 3.05) is 5.32 Å². The van der Waals surface area contributed by atoms with Gasteiger partial charge in [-0.05, 0) is 54.4 Å². The maximum atomic E-state index is 12.8. The van der Waals surface area contributed by atoms with Crippen LogP contribution in [-0.4, -0.2) is 25.7 Å². The Morgan fingerprint density at radius 1 is 1.35 bits per heavy atom. The molecule has 2 rings (SSSR count). The van der Waals surface area contributed by atoms with Crippen LogP contribution in [0.3, 0.4) is 0 Å². The first-order valence-corrected chi connectivity index (χ1v) is 8.50. The van der Waals surface area contributed by atoms with Crippen LogP contribution in [0.25, 0.3) is 0 Å². The van der Waals surface area contributed by atoms with Gasteiger partial charge in [0, 0.05) is 5.69 Å². The Bertz CT molecular complexity index is 842. The molecule has 0 saturated heterocycles.